The van der Waals surface area contributed by atoms with Crippen molar-refractivity contribution >= 4 is 17.6 Å². The fourth-order valence-electron chi connectivity index (χ4n) is 4.03. The van der Waals surface area contributed by atoms with Crippen molar-refractivity contribution in [1.29, 1.82) is 0 Å². The molecule has 0 unspecified atom stereocenters. The molecule has 1 aliphatic heterocycles. The van der Waals surface area contributed by atoms with Crippen molar-refractivity contribution in [2.75, 3.05) is 13.2 Å². The Morgan fingerprint density at radius 2 is 1.88 bits per heavy atom. The number of esters is 1. The molecule has 1 aliphatic carbocycles. The van der Waals surface area contributed by atoms with Crippen LogP contribution in [-0.4, -0.2) is 40.9 Å². The van der Waals surface area contributed by atoms with Crippen molar-refractivity contribution in [3.63, 3.8) is 0 Å². The van der Waals surface area contributed by atoms with Crippen LogP contribution in [-0.2, 0) is 9.53 Å². The molecule has 1 saturated carbocycles. The number of amides is 1. The molecule has 2 aliphatic rings. The van der Waals surface area contributed by atoms with Crippen molar-refractivity contribution in [3.8, 4) is 0 Å². The van der Waals surface area contributed by atoms with Crippen LogP contribution in [0.3, 0.4) is 0 Å². The molecule has 1 aromatic rings. The number of likely N-dealkylation sites (tertiary alicyclic amines) is 1. The number of nitrogens with zero attached hydrogens (tertiary/aromatic N) is 2. The quantitative estimate of drug-likeness (QED) is 0.475. The molecule has 0 spiro atoms. The Morgan fingerprint density at radius 1 is 1.16 bits per heavy atom. The van der Waals surface area contributed by atoms with E-state index < -0.39 is 10.9 Å². The molecule has 2 fully saturated rings. The molecule has 0 N–H and O–H groups in total. The normalized spacial score (nSPS) is 22.8. The van der Waals surface area contributed by atoms with E-state index in [9.17, 15) is 19.7 Å². The van der Waals surface area contributed by atoms with Gasteiger partial charge < -0.3 is 9.64 Å². The van der Waals surface area contributed by atoms with Crippen LogP contribution in [0.15, 0.2) is 24.3 Å². The first-order chi connectivity index (χ1) is 12.1. The van der Waals surface area contributed by atoms with E-state index in [1.165, 1.54) is 30.7 Å². The number of fused-ring (bicyclic) bond motifs is 1. The van der Waals surface area contributed by atoms with Gasteiger partial charge in [-0.05, 0) is 37.7 Å². The number of nitro groups is 1. The first-order valence-corrected chi connectivity index (χ1v) is 8.78. The highest BCUT2D eigenvalue weighted by molar-refractivity contribution is 5.95. The van der Waals surface area contributed by atoms with E-state index in [0.29, 0.717) is 12.5 Å². The summed E-state index contributed by atoms with van der Waals surface area (Å²) < 4.78 is 5.08. The number of benzene rings is 1. The Bertz CT molecular complexity index is 673. The van der Waals surface area contributed by atoms with Gasteiger partial charge in [0.25, 0.3) is 11.6 Å². The van der Waals surface area contributed by atoms with Gasteiger partial charge in [-0.3, -0.25) is 14.9 Å². The molecule has 25 heavy (non-hydrogen) atoms. The lowest BCUT2D eigenvalue weighted by Crippen LogP contribution is -2.50. The second kappa shape index (κ2) is 7.63. The molecule has 0 bridgehead atoms. The number of hydrogen-bond donors (Lipinski definition) is 0. The van der Waals surface area contributed by atoms with Crippen LogP contribution in [0.5, 0.6) is 0 Å². The lowest BCUT2D eigenvalue weighted by atomic mass is 9.78. The summed E-state index contributed by atoms with van der Waals surface area (Å²) in [5, 5.41) is 11.0. The molecule has 1 saturated heterocycles. The zero-order chi connectivity index (χ0) is 17.8. The van der Waals surface area contributed by atoms with Gasteiger partial charge in [0, 0.05) is 18.7 Å². The Hall–Kier alpha value is -2.44. The van der Waals surface area contributed by atoms with Gasteiger partial charge in [-0.2, -0.15) is 0 Å². The number of carbonyl (C=O) groups is 2. The average molecular weight is 346 g/mol. The van der Waals surface area contributed by atoms with Gasteiger partial charge in [-0.25, -0.2) is 4.79 Å². The summed E-state index contributed by atoms with van der Waals surface area (Å²) in [5.41, 5.74) is -0.445. The average Bonchev–Trinajstić information content (AvgIpc) is 2.65. The van der Waals surface area contributed by atoms with Crippen molar-refractivity contribution in [1.82, 2.24) is 4.90 Å². The summed E-state index contributed by atoms with van der Waals surface area (Å²) >= 11 is 0. The van der Waals surface area contributed by atoms with Crippen LogP contribution in [0.25, 0.3) is 0 Å². The zero-order valence-corrected chi connectivity index (χ0v) is 14.1. The Balaban J connectivity index is 1.62. The monoisotopic (exact) mass is 346 g/mol. The second-order valence-electron chi connectivity index (χ2n) is 6.69. The maximum Gasteiger partial charge on any atom is 0.345 e. The van der Waals surface area contributed by atoms with Gasteiger partial charge in [-0.15, -0.1) is 0 Å². The van der Waals surface area contributed by atoms with Crippen molar-refractivity contribution < 1.29 is 19.2 Å². The van der Waals surface area contributed by atoms with Gasteiger partial charge in [0.05, 0.1) is 4.92 Å². The van der Waals surface area contributed by atoms with E-state index in [1.807, 2.05) is 4.90 Å². The topological polar surface area (TPSA) is 89.8 Å². The molecular weight excluding hydrogens is 324 g/mol. The van der Waals surface area contributed by atoms with E-state index >= 15 is 0 Å². The molecule has 7 nitrogen and oxygen atoms in total. The Kier molecular flexibility index (Phi) is 5.31. The van der Waals surface area contributed by atoms with Gasteiger partial charge in [0.15, 0.2) is 6.61 Å². The maximum absolute atomic E-state index is 12.5. The van der Waals surface area contributed by atoms with Gasteiger partial charge in [-0.1, -0.05) is 25.0 Å². The number of para-hydroxylation sites is 1. The molecule has 1 amide bonds. The lowest BCUT2D eigenvalue weighted by Gasteiger charge is -2.44. The van der Waals surface area contributed by atoms with E-state index in [1.54, 1.807) is 0 Å². The number of hydrogen-bond acceptors (Lipinski definition) is 5. The third-order valence-electron chi connectivity index (χ3n) is 5.21. The number of ether oxygens (including phenoxy) is 1. The third kappa shape index (κ3) is 3.81. The standard InChI is InChI=1S/C18H22N2O5/c21-17(19-11-5-7-13-6-1-3-9-15(13)19)12-25-18(22)14-8-2-4-10-16(14)20(23)24/h2,4,8,10,13,15H,1,3,5-7,9,11-12H2/t13-,15+/m1/s1. The molecule has 134 valence electrons. The largest absolute Gasteiger partial charge is 0.452 e. The molecule has 2 atom stereocenters. The summed E-state index contributed by atoms with van der Waals surface area (Å²) in [7, 11) is 0. The van der Waals surface area contributed by atoms with Crippen LogP contribution in [0.4, 0.5) is 5.69 Å². The molecule has 3 rings (SSSR count). The summed E-state index contributed by atoms with van der Waals surface area (Å²) in [6, 6.07) is 5.85. The fourth-order valence-corrected chi connectivity index (χ4v) is 4.03. The van der Waals surface area contributed by atoms with Crippen molar-refractivity contribution in [3.05, 3.63) is 39.9 Å². The SMILES string of the molecule is O=C(OCC(=O)N1CCC[C@H]2CCCC[C@@H]21)c1ccccc1[N+](=O)[O-]. The summed E-state index contributed by atoms with van der Waals surface area (Å²) in [6.07, 6.45) is 6.64. The van der Waals surface area contributed by atoms with Crippen LogP contribution < -0.4 is 0 Å². The minimum atomic E-state index is -0.835. The van der Waals surface area contributed by atoms with E-state index in [2.05, 4.69) is 0 Å². The van der Waals surface area contributed by atoms with Crippen LogP contribution in [0.2, 0.25) is 0 Å². The first-order valence-electron chi connectivity index (χ1n) is 8.78. The highest BCUT2D eigenvalue weighted by Gasteiger charge is 2.36. The van der Waals surface area contributed by atoms with Crippen LogP contribution in [0.1, 0.15) is 48.9 Å². The minimum absolute atomic E-state index is 0.130. The molecule has 7 heteroatoms. The molecule has 0 aromatic heterocycles. The summed E-state index contributed by atoms with van der Waals surface area (Å²) in [6.45, 7) is 0.330. The van der Waals surface area contributed by atoms with Gasteiger partial charge in [0.1, 0.15) is 5.56 Å². The predicted molar refractivity (Wildman–Crippen MR) is 90.1 cm³/mol. The fraction of sp³-hybridized carbons (Fsp3) is 0.556. The smallest absolute Gasteiger partial charge is 0.345 e. The van der Waals surface area contributed by atoms with Gasteiger partial charge >= 0.3 is 5.97 Å². The third-order valence-corrected chi connectivity index (χ3v) is 5.21. The number of nitro benzene ring substituents is 1. The zero-order valence-electron chi connectivity index (χ0n) is 14.1. The van der Waals surface area contributed by atoms with Crippen LogP contribution >= 0.6 is 0 Å². The molecule has 1 aromatic carbocycles. The van der Waals surface area contributed by atoms with Crippen LogP contribution in [0, 0.1) is 16.0 Å². The van der Waals surface area contributed by atoms with E-state index in [-0.39, 0.29) is 29.8 Å². The Labute approximate surface area is 146 Å². The van der Waals surface area contributed by atoms with E-state index in [4.69, 9.17) is 4.74 Å². The molecular formula is C18H22N2O5. The minimum Gasteiger partial charge on any atom is -0.452 e. The number of piperidine rings is 1. The lowest BCUT2D eigenvalue weighted by molar-refractivity contribution is -0.385. The number of rotatable bonds is 4. The molecule has 0 radical (unpaired) electrons. The summed E-state index contributed by atoms with van der Waals surface area (Å²) in [5.74, 6) is -0.487. The second-order valence-corrected chi connectivity index (χ2v) is 6.69. The first kappa shape index (κ1) is 17.4. The highest BCUT2D eigenvalue weighted by atomic mass is 16.6. The Morgan fingerprint density at radius 3 is 2.68 bits per heavy atom. The van der Waals surface area contributed by atoms with E-state index in [0.717, 1.165) is 32.1 Å². The van der Waals surface area contributed by atoms with Crippen molar-refractivity contribution in [2.45, 2.75) is 44.6 Å². The highest BCUT2D eigenvalue weighted by Crippen LogP contribution is 2.35. The predicted octanol–water partition coefficient (Wildman–Crippen LogP) is 2.93. The summed E-state index contributed by atoms with van der Waals surface area (Å²) in [4.78, 5) is 36.9. The number of carbonyl (C=O) groups excluding carboxylic acids is 2. The van der Waals surface area contributed by atoms with Gasteiger partial charge in [0.2, 0.25) is 0 Å². The molecule has 1 heterocycles. The maximum atomic E-state index is 12.5. The van der Waals surface area contributed by atoms with Crippen molar-refractivity contribution in [2.24, 2.45) is 5.92 Å².